The molecule has 1 N–H and O–H groups in total. The van der Waals surface area contributed by atoms with Gasteiger partial charge in [0.25, 0.3) is 0 Å². The summed E-state index contributed by atoms with van der Waals surface area (Å²) in [4.78, 5) is 25.4. The Bertz CT molecular complexity index is 352. The normalized spacial score (nSPS) is 31.0. The van der Waals surface area contributed by atoms with Crippen LogP contribution >= 0.6 is 11.6 Å². The first kappa shape index (κ1) is 11.5. The fraction of sp³-hybridized carbons (Fsp3) is 0.636. The molecule has 2 aliphatic rings. The summed E-state index contributed by atoms with van der Waals surface area (Å²) in [5.74, 6) is 0.210. The molecule has 0 spiro atoms. The van der Waals surface area contributed by atoms with Gasteiger partial charge in [-0.1, -0.05) is 17.7 Å². The van der Waals surface area contributed by atoms with Gasteiger partial charge in [0.1, 0.15) is 5.54 Å². The zero-order valence-corrected chi connectivity index (χ0v) is 9.96. The summed E-state index contributed by atoms with van der Waals surface area (Å²) in [7, 11) is 0. The molecule has 88 valence electrons. The van der Waals surface area contributed by atoms with Crippen LogP contribution in [0.25, 0.3) is 0 Å². The highest BCUT2D eigenvalue weighted by molar-refractivity contribution is 6.25. The SMILES string of the molecule is CC1(C2CC2)C(=O)NCC(=O)N1C/C=C/Cl. The maximum atomic E-state index is 12.0. The largest absolute Gasteiger partial charge is 0.345 e. The van der Waals surface area contributed by atoms with Crippen LogP contribution < -0.4 is 5.32 Å². The van der Waals surface area contributed by atoms with Crippen molar-refractivity contribution in [2.24, 2.45) is 5.92 Å². The van der Waals surface area contributed by atoms with E-state index in [1.807, 2.05) is 6.92 Å². The van der Waals surface area contributed by atoms with Crippen molar-refractivity contribution in [3.05, 3.63) is 11.6 Å². The van der Waals surface area contributed by atoms with Crippen LogP contribution in [0.1, 0.15) is 19.8 Å². The van der Waals surface area contributed by atoms with Crippen molar-refractivity contribution in [2.75, 3.05) is 13.1 Å². The van der Waals surface area contributed by atoms with Gasteiger partial charge in [0.15, 0.2) is 0 Å². The van der Waals surface area contributed by atoms with Crippen molar-refractivity contribution in [2.45, 2.75) is 25.3 Å². The summed E-state index contributed by atoms with van der Waals surface area (Å²) in [5, 5.41) is 2.66. The molecule has 1 aliphatic carbocycles. The van der Waals surface area contributed by atoms with Gasteiger partial charge < -0.3 is 10.2 Å². The van der Waals surface area contributed by atoms with Gasteiger partial charge in [0, 0.05) is 12.1 Å². The Balaban J connectivity index is 2.26. The minimum absolute atomic E-state index is 0.0382. The summed E-state index contributed by atoms with van der Waals surface area (Å²) in [6.45, 7) is 2.35. The average molecular weight is 243 g/mol. The number of carbonyl (C=O) groups excluding carboxylic acids is 2. The number of hydrogen-bond donors (Lipinski definition) is 1. The number of amides is 2. The minimum atomic E-state index is -0.689. The quantitative estimate of drug-likeness (QED) is 0.798. The molecule has 1 unspecified atom stereocenters. The third kappa shape index (κ3) is 1.71. The van der Waals surface area contributed by atoms with Gasteiger partial charge in [0.05, 0.1) is 6.54 Å². The number of piperazine rings is 1. The van der Waals surface area contributed by atoms with E-state index in [1.54, 1.807) is 11.0 Å². The third-order valence-corrected chi connectivity index (χ3v) is 3.65. The van der Waals surface area contributed by atoms with Crippen LogP contribution in [0.5, 0.6) is 0 Å². The Morgan fingerprint density at radius 1 is 1.56 bits per heavy atom. The summed E-state index contributed by atoms with van der Waals surface area (Å²) in [6.07, 6.45) is 3.72. The standard InChI is InChI=1S/C11H15ClN2O2/c1-11(8-3-4-8)10(16)13-7-9(15)14(11)6-2-5-12/h2,5,8H,3-4,6-7H2,1H3,(H,13,16)/b5-2+. The number of halogens is 1. The molecule has 2 amide bonds. The van der Waals surface area contributed by atoms with Gasteiger partial charge in [-0.3, -0.25) is 9.59 Å². The maximum absolute atomic E-state index is 12.0. The lowest BCUT2D eigenvalue weighted by Crippen LogP contribution is -2.66. The lowest BCUT2D eigenvalue weighted by molar-refractivity contribution is -0.153. The Morgan fingerprint density at radius 3 is 2.81 bits per heavy atom. The number of nitrogens with one attached hydrogen (secondary N) is 1. The van der Waals surface area contributed by atoms with E-state index >= 15 is 0 Å². The average Bonchev–Trinajstić information content (AvgIpc) is 3.08. The molecule has 16 heavy (non-hydrogen) atoms. The molecule has 2 fully saturated rings. The highest BCUT2D eigenvalue weighted by atomic mass is 35.5. The minimum Gasteiger partial charge on any atom is -0.345 e. The molecular weight excluding hydrogens is 228 g/mol. The lowest BCUT2D eigenvalue weighted by atomic mass is 9.90. The molecule has 5 heteroatoms. The summed E-state index contributed by atoms with van der Waals surface area (Å²) in [6, 6.07) is 0. The van der Waals surface area contributed by atoms with Crippen molar-refractivity contribution in [1.82, 2.24) is 10.2 Å². The molecule has 1 heterocycles. The van der Waals surface area contributed by atoms with E-state index in [1.165, 1.54) is 5.54 Å². The molecule has 1 aliphatic heterocycles. The second-order valence-electron chi connectivity index (χ2n) is 4.47. The molecule has 1 saturated carbocycles. The van der Waals surface area contributed by atoms with E-state index in [2.05, 4.69) is 5.32 Å². The highest BCUT2D eigenvalue weighted by Gasteiger charge is 2.54. The zero-order chi connectivity index (χ0) is 11.8. The predicted molar refractivity (Wildman–Crippen MR) is 60.8 cm³/mol. The molecule has 0 radical (unpaired) electrons. The van der Waals surface area contributed by atoms with E-state index < -0.39 is 5.54 Å². The van der Waals surface area contributed by atoms with Gasteiger partial charge in [-0.25, -0.2) is 0 Å². The Labute approximate surface area is 99.6 Å². The van der Waals surface area contributed by atoms with Gasteiger partial charge in [-0.05, 0) is 25.7 Å². The van der Waals surface area contributed by atoms with Crippen LogP contribution in [0.2, 0.25) is 0 Å². The van der Waals surface area contributed by atoms with Crippen LogP contribution in [-0.2, 0) is 9.59 Å². The van der Waals surface area contributed by atoms with Crippen molar-refractivity contribution in [3.63, 3.8) is 0 Å². The number of rotatable bonds is 3. The van der Waals surface area contributed by atoms with E-state index in [0.29, 0.717) is 12.5 Å². The van der Waals surface area contributed by atoms with E-state index in [-0.39, 0.29) is 18.4 Å². The second-order valence-corrected chi connectivity index (χ2v) is 4.72. The first-order chi connectivity index (χ1) is 7.60. The lowest BCUT2D eigenvalue weighted by Gasteiger charge is -2.43. The monoisotopic (exact) mass is 242 g/mol. The van der Waals surface area contributed by atoms with Crippen LogP contribution in [0.3, 0.4) is 0 Å². The Kier molecular flexibility index (Phi) is 2.93. The van der Waals surface area contributed by atoms with Crippen LogP contribution in [0.15, 0.2) is 11.6 Å². The predicted octanol–water partition coefficient (Wildman–Crippen LogP) is 0.866. The van der Waals surface area contributed by atoms with Gasteiger partial charge in [0.2, 0.25) is 11.8 Å². The second kappa shape index (κ2) is 4.09. The van der Waals surface area contributed by atoms with Crippen LogP contribution in [0.4, 0.5) is 0 Å². The van der Waals surface area contributed by atoms with Crippen molar-refractivity contribution >= 4 is 23.4 Å². The molecule has 2 rings (SSSR count). The zero-order valence-electron chi connectivity index (χ0n) is 9.20. The topological polar surface area (TPSA) is 49.4 Å². The smallest absolute Gasteiger partial charge is 0.246 e. The van der Waals surface area contributed by atoms with E-state index in [0.717, 1.165) is 12.8 Å². The fourth-order valence-electron chi connectivity index (χ4n) is 2.30. The fourth-order valence-corrected chi connectivity index (χ4v) is 2.38. The van der Waals surface area contributed by atoms with Crippen LogP contribution in [-0.4, -0.2) is 35.3 Å². The van der Waals surface area contributed by atoms with Crippen molar-refractivity contribution in [3.8, 4) is 0 Å². The van der Waals surface area contributed by atoms with E-state index in [9.17, 15) is 9.59 Å². The van der Waals surface area contributed by atoms with E-state index in [4.69, 9.17) is 11.6 Å². The summed E-state index contributed by atoms with van der Waals surface area (Å²) >= 11 is 5.47. The maximum Gasteiger partial charge on any atom is 0.246 e. The van der Waals surface area contributed by atoms with Gasteiger partial charge in [-0.2, -0.15) is 0 Å². The number of nitrogens with zero attached hydrogens (tertiary/aromatic N) is 1. The third-order valence-electron chi connectivity index (χ3n) is 3.47. The number of hydrogen-bond acceptors (Lipinski definition) is 2. The van der Waals surface area contributed by atoms with Gasteiger partial charge >= 0.3 is 0 Å². The summed E-state index contributed by atoms with van der Waals surface area (Å²) < 4.78 is 0. The van der Waals surface area contributed by atoms with Crippen LogP contribution in [0, 0.1) is 5.92 Å². The Hall–Kier alpha value is -1.03. The number of carbonyl (C=O) groups is 2. The molecule has 4 nitrogen and oxygen atoms in total. The molecule has 1 atom stereocenters. The van der Waals surface area contributed by atoms with Crippen molar-refractivity contribution < 1.29 is 9.59 Å². The molecule has 0 aromatic heterocycles. The first-order valence-electron chi connectivity index (χ1n) is 5.44. The molecular formula is C11H15ClN2O2. The molecule has 0 aromatic carbocycles. The molecule has 0 bridgehead atoms. The highest BCUT2D eigenvalue weighted by Crippen LogP contribution is 2.44. The van der Waals surface area contributed by atoms with Crippen molar-refractivity contribution in [1.29, 1.82) is 0 Å². The molecule has 0 aromatic rings. The van der Waals surface area contributed by atoms with Gasteiger partial charge in [-0.15, -0.1) is 0 Å². The summed E-state index contributed by atoms with van der Waals surface area (Å²) in [5.41, 5.74) is 0.693. The molecule has 1 saturated heterocycles. The first-order valence-corrected chi connectivity index (χ1v) is 5.88. The Morgan fingerprint density at radius 2 is 2.25 bits per heavy atom.